The Kier molecular flexibility index (Phi) is 6.76. The molecule has 7 aromatic rings. The highest BCUT2D eigenvalue weighted by atomic mass is 16.5. The Morgan fingerprint density at radius 3 is 1.66 bits per heavy atom. The molecule has 230 valence electrons. The number of aromatic hydroxyl groups is 1. The zero-order valence-electron chi connectivity index (χ0n) is 26.4. The van der Waals surface area contributed by atoms with Gasteiger partial charge < -0.3 is 23.9 Å². The molecule has 0 fully saturated rings. The third kappa shape index (κ3) is 4.31. The molecule has 6 aromatic carbocycles. The van der Waals surface area contributed by atoms with E-state index in [1.807, 2.05) is 60.7 Å². The van der Waals surface area contributed by atoms with Gasteiger partial charge in [0.1, 0.15) is 28.5 Å². The Morgan fingerprint density at radius 2 is 1.06 bits per heavy atom. The molecule has 0 aliphatic carbocycles. The predicted octanol–water partition coefficient (Wildman–Crippen LogP) is 9.43. The van der Waals surface area contributed by atoms with Gasteiger partial charge in [0, 0.05) is 22.1 Å². The Labute approximate surface area is 273 Å². The van der Waals surface area contributed by atoms with Crippen molar-refractivity contribution in [3.8, 4) is 34.1 Å². The number of phenols is 1. The van der Waals surface area contributed by atoms with E-state index < -0.39 is 5.54 Å². The van der Waals surface area contributed by atoms with Crippen molar-refractivity contribution >= 4 is 27.2 Å². The van der Waals surface area contributed by atoms with Gasteiger partial charge in [-0.1, -0.05) is 84.9 Å². The quantitative estimate of drug-likeness (QED) is 0.194. The zero-order chi connectivity index (χ0) is 32.1. The molecule has 0 radical (unpaired) electrons. The number of hydrogen-bond acceptors (Lipinski definition) is 4. The second-order valence-electron chi connectivity index (χ2n) is 11.8. The van der Waals surface area contributed by atoms with Crippen molar-refractivity contribution < 1.29 is 19.3 Å². The van der Waals surface area contributed by atoms with Gasteiger partial charge >= 0.3 is 0 Å². The summed E-state index contributed by atoms with van der Waals surface area (Å²) in [4.78, 5) is 0. The summed E-state index contributed by atoms with van der Waals surface area (Å²) in [6, 6.07) is 45.4. The molecule has 0 spiro atoms. The Hall–Kier alpha value is -5.94. The van der Waals surface area contributed by atoms with Crippen LogP contribution in [-0.2, 0) is 5.54 Å². The van der Waals surface area contributed by atoms with Crippen molar-refractivity contribution in [2.24, 2.45) is 0 Å². The van der Waals surface area contributed by atoms with E-state index in [0.29, 0.717) is 0 Å². The molecule has 2 heterocycles. The summed E-state index contributed by atoms with van der Waals surface area (Å²) in [7, 11) is 5.06. The number of aromatic nitrogens is 1. The lowest BCUT2D eigenvalue weighted by molar-refractivity contribution is 0.413. The molecule has 1 aliphatic heterocycles. The van der Waals surface area contributed by atoms with Crippen LogP contribution in [0.5, 0.6) is 23.0 Å². The fourth-order valence-corrected chi connectivity index (χ4v) is 7.25. The number of benzene rings is 6. The van der Waals surface area contributed by atoms with E-state index in [1.165, 1.54) is 0 Å². The van der Waals surface area contributed by atoms with E-state index in [9.17, 15) is 5.11 Å². The molecule has 0 saturated heterocycles. The summed E-state index contributed by atoms with van der Waals surface area (Å²) in [5, 5.41) is 14.8. The first kappa shape index (κ1) is 28.5. The van der Waals surface area contributed by atoms with Gasteiger partial charge in [0.05, 0.1) is 32.5 Å². The molecular weight excluding hydrogens is 582 g/mol. The van der Waals surface area contributed by atoms with E-state index in [-0.39, 0.29) is 5.75 Å². The van der Waals surface area contributed by atoms with Crippen LogP contribution in [0.4, 0.5) is 0 Å². The van der Waals surface area contributed by atoms with Gasteiger partial charge in [0.2, 0.25) is 0 Å². The molecule has 0 amide bonds. The van der Waals surface area contributed by atoms with E-state index in [1.54, 1.807) is 21.3 Å². The lowest BCUT2D eigenvalue weighted by Crippen LogP contribution is -2.32. The Bertz CT molecular complexity index is 2250. The lowest BCUT2D eigenvalue weighted by atomic mass is 9.81. The average Bonchev–Trinajstić information content (AvgIpc) is 3.66. The van der Waals surface area contributed by atoms with Crippen LogP contribution in [0.1, 0.15) is 22.4 Å². The number of nitrogens with zero attached hydrogens (tertiary/aromatic N) is 1. The maximum absolute atomic E-state index is 11.7. The van der Waals surface area contributed by atoms with Crippen LogP contribution in [0.3, 0.4) is 0 Å². The number of para-hydroxylation sites is 1. The number of rotatable bonds is 7. The number of ether oxygens (including phenoxy) is 3. The molecule has 1 aliphatic rings. The van der Waals surface area contributed by atoms with Gasteiger partial charge in [-0.3, -0.25) is 0 Å². The van der Waals surface area contributed by atoms with E-state index >= 15 is 0 Å². The number of methoxy groups -OCH3 is 3. The van der Waals surface area contributed by atoms with Crippen molar-refractivity contribution in [2.75, 3.05) is 21.3 Å². The monoisotopic (exact) mass is 615 g/mol. The number of hydrogen-bond donors (Lipinski definition) is 1. The topological polar surface area (TPSA) is 52.9 Å². The minimum Gasteiger partial charge on any atom is -0.507 e. The van der Waals surface area contributed by atoms with Crippen molar-refractivity contribution in [1.82, 2.24) is 4.57 Å². The fraction of sp³-hybridized carbons (Fsp3) is 0.0952. The van der Waals surface area contributed by atoms with Gasteiger partial charge in [-0.15, -0.1) is 0 Å². The van der Waals surface area contributed by atoms with Crippen LogP contribution < -0.4 is 14.2 Å². The predicted molar refractivity (Wildman–Crippen MR) is 189 cm³/mol. The van der Waals surface area contributed by atoms with Crippen molar-refractivity contribution in [3.63, 3.8) is 0 Å². The molecule has 0 saturated carbocycles. The standard InChI is InChI=1S/C42H33NO4/c1-45-31-19-12-28(13-20-31)36-26-42(29-15-21-32(46-2)22-16-29,30-17-23-33(47-3)24-18-30)43-37-11-7-6-10-35(37)40(41(36)43)39-34-9-5-4-8-27(34)14-25-38(39)44/h4-26,44H,1-3H3. The molecular formula is C42H33NO4. The van der Waals surface area contributed by atoms with Crippen LogP contribution >= 0.6 is 0 Å². The first-order valence-corrected chi connectivity index (χ1v) is 15.6. The summed E-state index contributed by atoms with van der Waals surface area (Å²) >= 11 is 0. The average molecular weight is 616 g/mol. The molecule has 1 N–H and O–H groups in total. The van der Waals surface area contributed by atoms with Gasteiger partial charge in [0.15, 0.2) is 0 Å². The van der Waals surface area contributed by atoms with Crippen molar-refractivity contribution in [1.29, 1.82) is 0 Å². The molecule has 5 heteroatoms. The van der Waals surface area contributed by atoms with Crippen LogP contribution in [0.25, 0.3) is 38.4 Å². The summed E-state index contributed by atoms with van der Waals surface area (Å²) in [6.45, 7) is 0. The van der Waals surface area contributed by atoms with Gasteiger partial charge in [-0.25, -0.2) is 0 Å². The number of fused-ring (bicyclic) bond motifs is 4. The highest BCUT2D eigenvalue weighted by Gasteiger charge is 2.45. The molecule has 47 heavy (non-hydrogen) atoms. The summed E-state index contributed by atoms with van der Waals surface area (Å²) in [6.07, 6.45) is 2.37. The summed E-state index contributed by atoms with van der Waals surface area (Å²) in [5.41, 5.74) is 7.35. The summed E-state index contributed by atoms with van der Waals surface area (Å²) < 4.78 is 19.2. The van der Waals surface area contributed by atoms with Crippen LogP contribution in [-0.4, -0.2) is 31.0 Å². The van der Waals surface area contributed by atoms with Gasteiger partial charge in [-0.2, -0.15) is 0 Å². The molecule has 8 rings (SSSR count). The van der Waals surface area contributed by atoms with Crippen molar-refractivity contribution in [2.45, 2.75) is 5.54 Å². The molecule has 0 bridgehead atoms. The zero-order valence-corrected chi connectivity index (χ0v) is 26.4. The minimum absolute atomic E-state index is 0.239. The van der Waals surface area contributed by atoms with Crippen LogP contribution in [0.15, 0.2) is 140 Å². The maximum atomic E-state index is 11.7. The lowest BCUT2D eigenvalue weighted by Gasteiger charge is -2.33. The third-order valence-electron chi connectivity index (χ3n) is 9.45. The van der Waals surface area contributed by atoms with Crippen LogP contribution in [0.2, 0.25) is 0 Å². The van der Waals surface area contributed by atoms with E-state index in [2.05, 4.69) is 83.4 Å². The molecule has 0 atom stereocenters. The minimum atomic E-state index is -0.763. The second kappa shape index (κ2) is 11.1. The molecule has 0 unspecified atom stereocenters. The van der Waals surface area contributed by atoms with Crippen molar-refractivity contribution in [3.05, 3.63) is 162 Å². The molecule has 5 nitrogen and oxygen atoms in total. The van der Waals surface area contributed by atoms with E-state index in [4.69, 9.17) is 14.2 Å². The largest absolute Gasteiger partial charge is 0.507 e. The fourth-order valence-electron chi connectivity index (χ4n) is 7.25. The highest BCUT2D eigenvalue weighted by Crippen LogP contribution is 2.55. The number of phenolic OH excluding ortho intramolecular Hbond substituents is 1. The normalized spacial score (nSPS) is 13.4. The van der Waals surface area contributed by atoms with Crippen LogP contribution in [0, 0.1) is 0 Å². The smallest absolute Gasteiger partial charge is 0.124 e. The first-order chi connectivity index (χ1) is 23.1. The molecule has 1 aromatic heterocycles. The Morgan fingerprint density at radius 1 is 0.532 bits per heavy atom. The summed E-state index contributed by atoms with van der Waals surface area (Å²) in [5.74, 6) is 2.60. The van der Waals surface area contributed by atoms with Gasteiger partial charge in [0.25, 0.3) is 0 Å². The third-order valence-corrected chi connectivity index (χ3v) is 9.45. The van der Waals surface area contributed by atoms with E-state index in [0.717, 1.165) is 78.0 Å². The second-order valence-corrected chi connectivity index (χ2v) is 11.8. The SMILES string of the molecule is COc1ccc(C2=CC(c3ccc(OC)cc3)(c3ccc(OC)cc3)n3c2c(-c2c(O)ccc4ccccc24)c2ccccc23)cc1. The number of allylic oxidation sites excluding steroid dienone is 1. The maximum Gasteiger partial charge on any atom is 0.124 e. The first-order valence-electron chi connectivity index (χ1n) is 15.6. The highest BCUT2D eigenvalue weighted by molar-refractivity contribution is 6.13. The van der Waals surface area contributed by atoms with Gasteiger partial charge in [-0.05, 0) is 82.1 Å². The Balaban J connectivity index is 1.57.